The van der Waals surface area contributed by atoms with Crippen LogP contribution in [-0.4, -0.2) is 58.9 Å². The van der Waals surface area contributed by atoms with Gasteiger partial charge in [0.1, 0.15) is 6.54 Å². The van der Waals surface area contributed by atoms with Crippen LogP contribution < -0.4 is 18.6 Å². The Morgan fingerprint density at radius 3 is 1.52 bits per heavy atom. The molecule has 0 atom stereocenters. The zero-order valence-corrected chi connectivity index (χ0v) is 26.9. The van der Waals surface area contributed by atoms with E-state index in [1.165, 1.54) is 50.5 Å². The quantitative estimate of drug-likeness (QED) is 0.195. The third-order valence-electron chi connectivity index (χ3n) is 5.91. The number of nitrogens with zero attached hydrogens (tertiary/aromatic N) is 2. The minimum absolute atomic E-state index is 0.901. The predicted molar refractivity (Wildman–Crippen MR) is 157 cm³/mol. The summed E-state index contributed by atoms with van der Waals surface area (Å²) in [5.74, 6) is 0. The first-order valence-electron chi connectivity index (χ1n) is 12.6. The van der Waals surface area contributed by atoms with Crippen molar-refractivity contribution in [3.8, 4) is 0 Å². The van der Waals surface area contributed by atoms with E-state index in [1.54, 1.807) is 0 Å². The Balaban J connectivity index is 0.000000533. The van der Waals surface area contributed by atoms with Gasteiger partial charge >= 0.3 is 38.9 Å². The second-order valence-corrected chi connectivity index (χ2v) is 12.6. The molecule has 11 nitrogen and oxygen atoms in total. The first-order valence-corrected chi connectivity index (χ1v) is 17.6. The SMILES string of the molecule is CC[NH+]=C1C=CC(=C(c2ccc(N(C)C)cc2)c2ccc(N(C)C)cc2)c2ccccc21.O=P(O)(O)O.[O]=[Mo](=[O])([O-])[OH]. The number of hydrogen-bond donors (Lipinski definition) is 5. The van der Waals surface area contributed by atoms with E-state index in [1.807, 2.05) is 0 Å². The van der Waals surface area contributed by atoms with Crippen molar-refractivity contribution in [1.29, 1.82) is 0 Å². The Hall–Kier alpha value is -3.27. The third-order valence-corrected chi connectivity index (χ3v) is 5.91. The van der Waals surface area contributed by atoms with E-state index < -0.39 is 24.6 Å². The van der Waals surface area contributed by atoms with E-state index in [4.69, 9.17) is 33.6 Å². The standard InChI is InChI=1S/C29H31N3.Mo.H3O4P.H2O.3O/c1-6-30-28-20-19-27(25-9-7-8-10-26(25)28)29(21-11-15-23(16-12-21)31(2)3)22-13-17-24(18-14-22)32(4)5;;1-5(2,3)4;;;;/h7-20H,6H2,1-5H3;;(H3,1,2,3,4);1H2;;;/q;+1;;;;;-1. The summed E-state index contributed by atoms with van der Waals surface area (Å²) in [6.07, 6.45) is 4.47. The molecule has 0 unspecified atom stereocenters. The monoisotopic (exact) mass is 683 g/mol. The van der Waals surface area contributed by atoms with Gasteiger partial charge in [0.2, 0.25) is 5.71 Å². The van der Waals surface area contributed by atoms with E-state index in [9.17, 15) is 0 Å². The topological polar surface area (TPSA) is 176 Å². The number of rotatable bonds is 5. The van der Waals surface area contributed by atoms with Crippen molar-refractivity contribution < 1.29 is 55.3 Å². The Bertz CT molecular complexity index is 1520. The zero-order chi connectivity index (χ0) is 31.7. The van der Waals surface area contributed by atoms with Crippen LogP contribution in [0.1, 0.15) is 29.2 Å². The summed E-state index contributed by atoms with van der Waals surface area (Å²) < 4.78 is 42.1. The predicted octanol–water partition coefficient (Wildman–Crippen LogP) is 1.32. The van der Waals surface area contributed by atoms with E-state index in [0.717, 1.165) is 6.54 Å². The van der Waals surface area contributed by atoms with Gasteiger partial charge in [-0.25, -0.2) is 9.56 Å². The van der Waals surface area contributed by atoms with Gasteiger partial charge in [-0.1, -0.05) is 42.5 Å². The van der Waals surface area contributed by atoms with Crippen molar-refractivity contribution in [2.75, 3.05) is 44.5 Å². The molecule has 0 bridgehead atoms. The van der Waals surface area contributed by atoms with Crippen molar-refractivity contribution in [3.63, 3.8) is 0 Å². The molecule has 4 rings (SSSR count). The molecule has 0 aromatic heterocycles. The van der Waals surface area contributed by atoms with Crippen LogP contribution in [0, 0.1) is 0 Å². The number of fused-ring (bicyclic) bond motifs is 1. The van der Waals surface area contributed by atoms with Gasteiger partial charge in [-0.15, -0.1) is 0 Å². The molecule has 0 radical (unpaired) electrons. The molecular weight excluding hydrogens is 645 g/mol. The zero-order valence-electron chi connectivity index (χ0n) is 24.0. The fourth-order valence-electron chi connectivity index (χ4n) is 4.19. The molecule has 0 heterocycles. The third kappa shape index (κ3) is 11.5. The first-order chi connectivity index (χ1) is 19.5. The molecule has 0 saturated heterocycles. The molecule has 0 saturated carbocycles. The van der Waals surface area contributed by atoms with Gasteiger partial charge in [0.25, 0.3) is 0 Å². The summed E-state index contributed by atoms with van der Waals surface area (Å²) >= 11 is -5.77. The van der Waals surface area contributed by atoms with Gasteiger partial charge in [0, 0.05) is 45.6 Å². The van der Waals surface area contributed by atoms with E-state index in [-0.39, 0.29) is 0 Å². The van der Waals surface area contributed by atoms with Crippen LogP contribution in [0.4, 0.5) is 11.4 Å². The normalized spacial score (nSPS) is 13.3. The number of allylic oxidation sites excluding steroid dienone is 3. The molecule has 42 heavy (non-hydrogen) atoms. The number of hydrogen-bond acceptors (Lipinski definition) is 6. The molecule has 1 aliphatic carbocycles. The second kappa shape index (κ2) is 15.3. The van der Waals surface area contributed by atoms with Crippen molar-refractivity contribution in [2.45, 2.75) is 6.92 Å². The van der Waals surface area contributed by atoms with Crippen LogP contribution in [-0.2, 0) is 28.1 Å². The summed E-state index contributed by atoms with van der Waals surface area (Å²) in [7, 11) is 3.66. The fourth-order valence-corrected chi connectivity index (χ4v) is 4.19. The Morgan fingerprint density at radius 1 is 0.786 bits per heavy atom. The van der Waals surface area contributed by atoms with Crippen LogP contribution in [0.3, 0.4) is 0 Å². The molecule has 1 aliphatic rings. The van der Waals surface area contributed by atoms with Crippen LogP contribution in [0.15, 0.2) is 84.9 Å². The van der Waals surface area contributed by atoms with Gasteiger partial charge in [0.05, 0.1) is 5.56 Å². The van der Waals surface area contributed by atoms with E-state index >= 15 is 0 Å². The number of benzene rings is 3. The Morgan fingerprint density at radius 2 is 1.17 bits per heavy atom. The average molecular weight is 682 g/mol. The number of nitrogens with one attached hydrogen (secondary N) is 1. The van der Waals surface area contributed by atoms with Crippen molar-refractivity contribution in [3.05, 3.63) is 107 Å². The van der Waals surface area contributed by atoms with E-state index in [0.29, 0.717) is 0 Å². The molecule has 5 N–H and O–H groups in total. The second-order valence-electron chi connectivity index (χ2n) is 9.44. The summed E-state index contributed by atoms with van der Waals surface area (Å²) in [5, 5.41) is 0. The van der Waals surface area contributed by atoms with Crippen molar-refractivity contribution >= 4 is 36.1 Å². The van der Waals surface area contributed by atoms with Crippen molar-refractivity contribution in [1.82, 2.24) is 0 Å². The van der Waals surface area contributed by atoms with Crippen molar-refractivity contribution in [2.24, 2.45) is 0 Å². The molecule has 0 spiro atoms. The van der Waals surface area contributed by atoms with Crippen LogP contribution in [0.25, 0.3) is 11.1 Å². The summed E-state index contributed by atoms with van der Waals surface area (Å²) in [4.78, 5) is 29.3. The molecule has 3 aromatic rings. The maximum atomic E-state index is 8.88. The summed E-state index contributed by atoms with van der Waals surface area (Å²) in [5.41, 5.74) is 11.0. The van der Waals surface area contributed by atoms with E-state index in [2.05, 4.69) is 135 Å². The van der Waals surface area contributed by atoms with Crippen LogP contribution in [0.5, 0.6) is 0 Å². The van der Waals surface area contributed by atoms with Crippen LogP contribution in [0.2, 0.25) is 0 Å². The van der Waals surface area contributed by atoms with Gasteiger partial charge in [-0.05, 0) is 71.2 Å². The summed E-state index contributed by atoms with van der Waals surface area (Å²) in [6, 6.07) is 26.4. The molecule has 0 amide bonds. The molecule has 13 heteroatoms. The minimum atomic E-state index is -5.77. The average Bonchev–Trinajstić information content (AvgIpc) is 2.89. The Kier molecular flexibility index (Phi) is 12.7. The Labute approximate surface area is 249 Å². The summed E-state index contributed by atoms with van der Waals surface area (Å²) in [6.45, 7) is 3.04. The molecule has 0 fully saturated rings. The number of phosphoric acid groups is 1. The molecule has 226 valence electrons. The number of anilines is 2. The van der Waals surface area contributed by atoms with Gasteiger partial charge in [-0.2, -0.15) is 0 Å². The van der Waals surface area contributed by atoms with Gasteiger partial charge < -0.3 is 24.5 Å². The van der Waals surface area contributed by atoms with Crippen LogP contribution >= 0.6 is 7.82 Å². The fraction of sp³-hybridized carbons (Fsp3) is 0.207. The maximum absolute atomic E-state index is 8.88. The molecule has 0 aliphatic heterocycles. The van der Waals surface area contributed by atoms with Gasteiger partial charge in [-0.3, -0.25) is 0 Å². The molecule has 3 aromatic carbocycles. The first kappa shape index (κ1) is 34.9. The molecular formula is C29H36MoN3O8P. The van der Waals surface area contributed by atoms with Gasteiger partial charge in [0.15, 0.2) is 0 Å².